The minimum absolute atomic E-state index is 0.289. The fraction of sp³-hybridized carbons (Fsp3) is 0.500. The van der Waals surface area contributed by atoms with Gasteiger partial charge in [-0.3, -0.25) is 0 Å². The molecular formula is C14H17Cl2NO3. The number of nitrogens with one attached hydrogen (secondary N) is 1. The molecule has 0 amide bonds. The normalized spacial score (nSPS) is 19.6. The van der Waals surface area contributed by atoms with Gasteiger partial charge in [0.15, 0.2) is 0 Å². The highest BCUT2D eigenvalue weighted by molar-refractivity contribution is 6.42. The highest BCUT2D eigenvalue weighted by Gasteiger charge is 2.20. The average molecular weight is 318 g/mol. The number of carbonyl (C=O) groups is 1. The van der Waals surface area contributed by atoms with Crippen LogP contribution >= 0.6 is 23.2 Å². The first kappa shape index (κ1) is 15.4. The number of anilines is 1. The molecule has 0 saturated carbocycles. The average Bonchev–Trinajstić information content (AvgIpc) is 2.93. The number of benzene rings is 1. The number of rotatable bonds is 5. The number of halogens is 2. The third-order valence-corrected chi connectivity index (χ3v) is 3.88. The van der Waals surface area contributed by atoms with Crippen molar-refractivity contribution >= 4 is 34.9 Å². The van der Waals surface area contributed by atoms with Crippen LogP contribution in [0, 0.1) is 5.92 Å². The Hall–Kier alpha value is -0.970. The molecular weight excluding hydrogens is 301 g/mol. The summed E-state index contributed by atoms with van der Waals surface area (Å²) < 4.78 is 10.5. The molecule has 1 aromatic carbocycles. The van der Waals surface area contributed by atoms with Crippen molar-refractivity contribution in [3.8, 4) is 0 Å². The molecule has 2 unspecified atom stereocenters. The molecule has 0 spiro atoms. The molecule has 110 valence electrons. The second-order valence-corrected chi connectivity index (χ2v) is 5.67. The van der Waals surface area contributed by atoms with E-state index < -0.39 is 6.04 Å². The van der Waals surface area contributed by atoms with Crippen LogP contribution in [0.3, 0.4) is 0 Å². The first-order chi connectivity index (χ1) is 9.56. The van der Waals surface area contributed by atoms with Crippen LogP contribution in [-0.4, -0.2) is 31.8 Å². The monoisotopic (exact) mass is 317 g/mol. The lowest BCUT2D eigenvalue weighted by Crippen LogP contribution is -2.29. The molecule has 0 aliphatic carbocycles. The summed E-state index contributed by atoms with van der Waals surface area (Å²) >= 11 is 11.8. The Morgan fingerprint density at radius 2 is 2.30 bits per heavy atom. The first-order valence-electron chi connectivity index (χ1n) is 6.52. The van der Waals surface area contributed by atoms with Crippen molar-refractivity contribution in [2.24, 2.45) is 5.92 Å². The first-order valence-corrected chi connectivity index (χ1v) is 7.28. The zero-order valence-electron chi connectivity index (χ0n) is 11.2. The van der Waals surface area contributed by atoms with Crippen LogP contribution in [0.25, 0.3) is 0 Å². The van der Waals surface area contributed by atoms with Gasteiger partial charge < -0.3 is 14.8 Å². The molecule has 1 saturated heterocycles. The molecule has 1 aliphatic rings. The van der Waals surface area contributed by atoms with E-state index in [1.165, 1.54) is 0 Å². The zero-order chi connectivity index (χ0) is 14.5. The van der Waals surface area contributed by atoms with Crippen LogP contribution in [0.4, 0.5) is 5.69 Å². The molecule has 4 nitrogen and oxygen atoms in total. The number of hydrogen-bond acceptors (Lipinski definition) is 4. The quantitative estimate of drug-likeness (QED) is 0.846. The van der Waals surface area contributed by atoms with Gasteiger partial charge in [-0.1, -0.05) is 23.2 Å². The molecule has 2 rings (SSSR count). The third kappa shape index (κ3) is 4.27. The summed E-state index contributed by atoms with van der Waals surface area (Å²) in [6.07, 6.45) is 0.946. The highest BCUT2D eigenvalue weighted by atomic mass is 35.5. The van der Waals surface area contributed by atoms with E-state index in [4.69, 9.17) is 32.7 Å². The van der Waals surface area contributed by atoms with Crippen molar-refractivity contribution in [2.75, 3.05) is 25.1 Å². The Bertz CT molecular complexity index is 475. The zero-order valence-corrected chi connectivity index (χ0v) is 12.7. The van der Waals surface area contributed by atoms with E-state index in [9.17, 15) is 4.79 Å². The number of carbonyl (C=O) groups excluding carboxylic acids is 1. The fourth-order valence-electron chi connectivity index (χ4n) is 1.93. The fourth-order valence-corrected chi connectivity index (χ4v) is 2.23. The summed E-state index contributed by atoms with van der Waals surface area (Å²) in [5, 5.41) is 3.96. The van der Waals surface area contributed by atoms with E-state index in [1.807, 2.05) is 0 Å². The van der Waals surface area contributed by atoms with E-state index in [1.54, 1.807) is 25.1 Å². The molecule has 0 radical (unpaired) electrons. The molecule has 1 heterocycles. The highest BCUT2D eigenvalue weighted by Crippen LogP contribution is 2.25. The van der Waals surface area contributed by atoms with E-state index in [2.05, 4.69) is 5.32 Å². The number of hydrogen-bond donors (Lipinski definition) is 1. The molecule has 1 aliphatic heterocycles. The number of esters is 1. The summed E-state index contributed by atoms with van der Waals surface area (Å²) in [5.74, 6) is 0.0269. The molecule has 6 heteroatoms. The second-order valence-electron chi connectivity index (χ2n) is 4.85. The second kappa shape index (κ2) is 7.16. The van der Waals surface area contributed by atoms with Crippen molar-refractivity contribution in [2.45, 2.75) is 19.4 Å². The van der Waals surface area contributed by atoms with Gasteiger partial charge in [0.05, 0.1) is 23.3 Å². The molecule has 0 aromatic heterocycles. The van der Waals surface area contributed by atoms with Gasteiger partial charge >= 0.3 is 5.97 Å². The van der Waals surface area contributed by atoms with Crippen molar-refractivity contribution in [3.63, 3.8) is 0 Å². The summed E-state index contributed by atoms with van der Waals surface area (Å²) in [7, 11) is 0. The summed E-state index contributed by atoms with van der Waals surface area (Å²) in [6.45, 7) is 3.57. The van der Waals surface area contributed by atoms with Crippen molar-refractivity contribution in [1.82, 2.24) is 0 Å². The van der Waals surface area contributed by atoms with Crippen LogP contribution in [-0.2, 0) is 14.3 Å². The van der Waals surface area contributed by atoms with E-state index in [-0.39, 0.29) is 5.97 Å². The van der Waals surface area contributed by atoms with Crippen LogP contribution in [0.2, 0.25) is 10.0 Å². The van der Waals surface area contributed by atoms with E-state index in [0.29, 0.717) is 29.2 Å². The molecule has 20 heavy (non-hydrogen) atoms. The van der Waals surface area contributed by atoms with Gasteiger partial charge in [0, 0.05) is 18.2 Å². The Balaban J connectivity index is 1.81. The third-order valence-electron chi connectivity index (χ3n) is 3.14. The van der Waals surface area contributed by atoms with Crippen LogP contribution < -0.4 is 5.32 Å². The number of ether oxygens (including phenoxy) is 2. The smallest absolute Gasteiger partial charge is 0.328 e. The maximum absolute atomic E-state index is 11.9. The molecule has 0 bridgehead atoms. The lowest BCUT2D eigenvalue weighted by molar-refractivity contribution is -0.145. The Kier molecular flexibility index (Phi) is 5.52. The lowest BCUT2D eigenvalue weighted by Gasteiger charge is -2.16. The topological polar surface area (TPSA) is 47.6 Å². The summed E-state index contributed by atoms with van der Waals surface area (Å²) in [6, 6.07) is 4.68. The molecule has 2 atom stereocenters. The van der Waals surface area contributed by atoms with Crippen molar-refractivity contribution in [1.29, 1.82) is 0 Å². The Morgan fingerprint density at radius 3 is 2.95 bits per heavy atom. The van der Waals surface area contributed by atoms with Gasteiger partial charge in [-0.25, -0.2) is 4.79 Å². The van der Waals surface area contributed by atoms with Crippen molar-refractivity contribution in [3.05, 3.63) is 28.2 Å². The van der Waals surface area contributed by atoms with Crippen LogP contribution in [0.5, 0.6) is 0 Å². The predicted molar refractivity (Wildman–Crippen MR) is 79.4 cm³/mol. The molecule has 1 N–H and O–H groups in total. The predicted octanol–water partition coefficient (Wildman–Crippen LogP) is 3.37. The standard InChI is InChI=1S/C14H17Cl2NO3/c1-9(14(18)20-8-10-4-5-19-7-10)17-11-2-3-12(15)13(16)6-11/h2-3,6,9-10,17H,4-5,7-8H2,1H3. The van der Waals surface area contributed by atoms with Gasteiger partial charge in [0.25, 0.3) is 0 Å². The molecule has 1 fully saturated rings. The Labute approximate surface area is 128 Å². The van der Waals surface area contributed by atoms with Gasteiger partial charge in [-0.15, -0.1) is 0 Å². The van der Waals surface area contributed by atoms with Gasteiger partial charge in [-0.2, -0.15) is 0 Å². The maximum Gasteiger partial charge on any atom is 0.328 e. The molecule has 1 aromatic rings. The Morgan fingerprint density at radius 1 is 1.50 bits per heavy atom. The largest absolute Gasteiger partial charge is 0.464 e. The van der Waals surface area contributed by atoms with E-state index >= 15 is 0 Å². The van der Waals surface area contributed by atoms with Gasteiger partial charge in [0.1, 0.15) is 6.04 Å². The van der Waals surface area contributed by atoms with E-state index in [0.717, 1.165) is 18.7 Å². The summed E-state index contributed by atoms with van der Waals surface area (Å²) in [4.78, 5) is 11.9. The van der Waals surface area contributed by atoms with Crippen LogP contribution in [0.15, 0.2) is 18.2 Å². The minimum Gasteiger partial charge on any atom is -0.464 e. The maximum atomic E-state index is 11.9. The summed E-state index contributed by atoms with van der Waals surface area (Å²) in [5.41, 5.74) is 0.730. The van der Waals surface area contributed by atoms with Crippen LogP contribution in [0.1, 0.15) is 13.3 Å². The SMILES string of the molecule is CC(Nc1ccc(Cl)c(Cl)c1)C(=O)OCC1CCOC1. The van der Waals surface area contributed by atoms with Gasteiger partial charge in [0.2, 0.25) is 0 Å². The van der Waals surface area contributed by atoms with Crippen molar-refractivity contribution < 1.29 is 14.3 Å². The minimum atomic E-state index is -0.449. The lowest BCUT2D eigenvalue weighted by atomic mass is 10.1. The van der Waals surface area contributed by atoms with Gasteiger partial charge in [-0.05, 0) is 31.5 Å².